The van der Waals surface area contributed by atoms with Gasteiger partial charge < -0.3 is 19.5 Å². The molecule has 1 saturated heterocycles. The fraction of sp³-hybridized carbons (Fsp3) is 0.206. The monoisotopic (exact) mass is 543 g/mol. The number of esters is 1. The van der Waals surface area contributed by atoms with Gasteiger partial charge in [-0.2, -0.15) is 0 Å². The van der Waals surface area contributed by atoms with Crippen LogP contribution in [0, 0.1) is 5.92 Å². The van der Waals surface area contributed by atoms with Crippen LogP contribution in [0.4, 0.5) is 11.4 Å². The number of hydrogen-bond donors (Lipinski definition) is 1. The highest BCUT2D eigenvalue weighted by atomic mass is 16.5. The smallest absolute Gasteiger partial charge is 0.311 e. The van der Waals surface area contributed by atoms with Gasteiger partial charge in [0, 0.05) is 52.7 Å². The molecule has 2 amide bonds. The zero-order valence-electron chi connectivity index (χ0n) is 22.7. The number of fused-ring (bicyclic) bond motifs is 6. The molecule has 0 saturated carbocycles. The fourth-order valence-corrected chi connectivity index (χ4v) is 6.34. The molecular formula is C34H29N3O4. The van der Waals surface area contributed by atoms with Gasteiger partial charge in [-0.3, -0.25) is 14.4 Å². The summed E-state index contributed by atoms with van der Waals surface area (Å²) in [6.07, 6.45) is 0.894. The molecular weight excluding hydrogens is 514 g/mol. The average molecular weight is 544 g/mol. The number of anilines is 2. The normalized spacial score (nSPS) is 15.8. The van der Waals surface area contributed by atoms with Crippen molar-refractivity contribution in [1.82, 2.24) is 4.57 Å². The van der Waals surface area contributed by atoms with Crippen LogP contribution in [0.25, 0.3) is 32.9 Å². The molecule has 1 fully saturated rings. The Kier molecular flexibility index (Phi) is 6.07. The van der Waals surface area contributed by atoms with Crippen LogP contribution >= 0.6 is 0 Å². The Hall–Kier alpha value is -4.91. The van der Waals surface area contributed by atoms with E-state index in [1.165, 1.54) is 22.3 Å². The number of nitrogens with one attached hydrogen (secondary N) is 1. The van der Waals surface area contributed by atoms with Crippen molar-refractivity contribution < 1.29 is 19.1 Å². The van der Waals surface area contributed by atoms with Gasteiger partial charge in [0.1, 0.15) is 0 Å². The Labute approximate surface area is 237 Å². The van der Waals surface area contributed by atoms with E-state index in [0.29, 0.717) is 5.69 Å². The van der Waals surface area contributed by atoms with E-state index in [1.807, 2.05) is 54.6 Å². The van der Waals surface area contributed by atoms with Crippen molar-refractivity contribution in [2.24, 2.45) is 5.92 Å². The summed E-state index contributed by atoms with van der Waals surface area (Å²) in [5.74, 6) is -1.69. The highest BCUT2D eigenvalue weighted by molar-refractivity contribution is 6.10. The number of para-hydroxylation sites is 1. The van der Waals surface area contributed by atoms with Gasteiger partial charge in [0.15, 0.2) is 6.61 Å². The summed E-state index contributed by atoms with van der Waals surface area (Å²) < 4.78 is 7.60. The number of hydrogen-bond acceptors (Lipinski definition) is 4. The van der Waals surface area contributed by atoms with E-state index in [0.717, 1.165) is 40.5 Å². The van der Waals surface area contributed by atoms with Crippen LogP contribution < -0.4 is 10.2 Å². The molecule has 1 aromatic heterocycles. The maximum absolute atomic E-state index is 12.8. The maximum atomic E-state index is 12.8. The zero-order chi connectivity index (χ0) is 28.1. The standard InChI is InChI=1S/C34H29N3O4/c1-2-36-30-10-6-5-9-28(30)29-18-24(11-14-31(29)36)35-32(38)20-41-34(40)23-17-33(39)37(19-23)25-12-13-27-22(16-25)15-21-7-3-4-8-26(21)27/h3-14,16,18,23H,2,15,17,19-20H2,1H3,(H,35,38). The average Bonchev–Trinajstić information content (AvgIpc) is 3.66. The predicted molar refractivity (Wildman–Crippen MR) is 160 cm³/mol. The molecule has 1 aliphatic carbocycles. The maximum Gasteiger partial charge on any atom is 0.311 e. The minimum atomic E-state index is -0.614. The molecule has 7 nitrogen and oxygen atoms in total. The third-order valence-electron chi connectivity index (χ3n) is 8.27. The molecule has 0 spiro atoms. The predicted octanol–water partition coefficient (Wildman–Crippen LogP) is 5.92. The molecule has 0 bridgehead atoms. The molecule has 7 rings (SSSR count). The van der Waals surface area contributed by atoms with Crippen LogP contribution in [0.3, 0.4) is 0 Å². The minimum absolute atomic E-state index is 0.0654. The van der Waals surface area contributed by atoms with Gasteiger partial charge in [-0.05, 0) is 72.0 Å². The van der Waals surface area contributed by atoms with Crippen LogP contribution in [0.2, 0.25) is 0 Å². The number of carbonyl (C=O) groups is 3. The first kappa shape index (κ1) is 25.1. The molecule has 1 atom stereocenters. The molecule has 2 aliphatic rings. The molecule has 4 aromatic carbocycles. The SMILES string of the molecule is CCn1c2ccccc2c2cc(NC(=O)COC(=O)C3CC(=O)N(c4ccc5c(c4)Cc4ccccc4-5)C3)ccc21. The minimum Gasteiger partial charge on any atom is -0.455 e. The van der Waals surface area contributed by atoms with Crippen LogP contribution in [-0.2, 0) is 32.1 Å². The zero-order valence-corrected chi connectivity index (χ0v) is 22.7. The summed E-state index contributed by atoms with van der Waals surface area (Å²) in [6, 6.07) is 28.4. The van der Waals surface area contributed by atoms with E-state index in [1.54, 1.807) is 4.90 Å². The summed E-state index contributed by atoms with van der Waals surface area (Å²) in [5.41, 5.74) is 8.54. The number of aryl methyl sites for hydroxylation is 1. The van der Waals surface area contributed by atoms with Gasteiger partial charge >= 0.3 is 5.97 Å². The second kappa shape index (κ2) is 9.93. The molecule has 0 radical (unpaired) electrons. The van der Waals surface area contributed by atoms with Gasteiger partial charge in [0.05, 0.1) is 5.92 Å². The van der Waals surface area contributed by atoms with Gasteiger partial charge in [-0.15, -0.1) is 0 Å². The van der Waals surface area contributed by atoms with Crippen molar-refractivity contribution in [2.45, 2.75) is 26.3 Å². The number of ether oxygens (including phenoxy) is 1. The lowest BCUT2D eigenvalue weighted by molar-refractivity contribution is -0.151. The number of nitrogens with zero attached hydrogens (tertiary/aromatic N) is 2. The van der Waals surface area contributed by atoms with Crippen molar-refractivity contribution >= 4 is 51.0 Å². The van der Waals surface area contributed by atoms with E-state index < -0.39 is 24.4 Å². The second-order valence-corrected chi connectivity index (χ2v) is 10.7. The molecule has 1 aliphatic heterocycles. The van der Waals surface area contributed by atoms with Crippen molar-refractivity contribution in [2.75, 3.05) is 23.4 Å². The molecule has 7 heteroatoms. The molecule has 5 aromatic rings. The highest BCUT2D eigenvalue weighted by Gasteiger charge is 2.37. The Bertz CT molecular complexity index is 1870. The third-order valence-corrected chi connectivity index (χ3v) is 8.27. The largest absolute Gasteiger partial charge is 0.455 e. The Balaban J connectivity index is 0.987. The van der Waals surface area contributed by atoms with Gasteiger partial charge in [0.25, 0.3) is 5.91 Å². The van der Waals surface area contributed by atoms with Gasteiger partial charge in [-0.1, -0.05) is 48.5 Å². The van der Waals surface area contributed by atoms with Crippen molar-refractivity contribution in [3.8, 4) is 11.1 Å². The highest BCUT2D eigenvalue weighted by Crippen LogP contribution is 2.39. The lowest BCUT2D eigenvalue weighted by Gasteiger charge is -2.18. The Morgan fingerprint density at radius 1 is 0.878 bits per heavy atom. The number of rotatable bonds is 6. The van der Waals surface area contributed by atoms with Gasteiger partial charge in [0.2, 0.25) is 5.91 Å². The Morgan fingerprint density at radius 3 is 2.54 bits per heavy atom. The van der Waals surface area contributed by atoms with Gasteiger partial charge in [-0.25, -0.2) is 0 Å². The molecule has 2 heterocycles. The lowest BCUT2D eigenvalue weighted by Crippen LogP contribution is -2.28. The van der Waals surface area contributed by atoms with Crippen LogP contribution in [0.5, 0.6) is 0 Å². The first-order valence-corrected chi connectivity index (χ1v) is 14.0. The first-order valence-electron chi connectivity index (χ1n) is 14.0. The molecule has 1 N–H and O–H groups in total. The summed E-state index contributed by atoms with van der Waals surface area (Å²) in [5, 5.41) is 5.02. The summed E-state index contributed by atoms with van der Waals surface area (Å²) in [4.78, 5) is 40.0. The van der Waals surface area contributed by atoms with E-state index >= 15 is 0 Å². The van der Waals surface area contributed by atoms with Crippen LogP contribution in [-0.4, -0.2) is 35.5 Å². The number of aromatic nitrogens is 1. The Morgan fingerprint density at radius 2 is 1.66 bits per heavy atom. The fourth-order valence-electron chi connectivity index (χ4n) is 6.34. The van der Waals surface area contributed by atoms with Crippen molar-refractivity contribution in [3.63, 3.8) is 0 Å². The summed E-state index contributed by atoms with van der Waals surface area (Å²) in [7, 11) is 0. The van der Waals surface area contributed by atoms with E-state index in [2.05, 4.69) is 47.1 Å². The number of benzene rings is 4. The number of amides is 2. The lowest BCUT2D eigenvalue weighted by atomic mass is 10.1. The van der Waals surface area contributed by atoms with Crippen molar-refractivity contribution in [3.05, 3.63) is 96.1 Å². The second-order valence-electron chi connectivity index (χ2n) is 10.7. The van der Waals surface area contributed by atoms with Crippen molar-refractivity contribution in [1.29, 1.82) is 0 Å². The molecule has 204 valence electrons. The number of carbonyl (C=O) groups excluding carboxylic acids is 3. The third kappa shape index (κ3) is 4.34. The quantitative estimate of drug-likeness (QED) is 0.265. The molecule has 41 heavy (non-hydrogen) atoms. The molecule has 1 unspecified atom stereocenters. The summed E-state index contributed by atoms with van der Waals surface area (Å²) >= 11 is 0. The topological polar surface area (TPSA) is 80.6 Å². The summed E-state index contributed by atoms with van der Waals surface area (Å²) in [6.45, 7) is 2.78. The van der Waals surface area contributed by atoms with E-state index in [9.17, 15) is 14.4 Å². The van der Waals surface area contributed by atoms with Crippen LogP contribution in [0.15, 0.2) is 84.9 Å². The first-order chi connectivity index (χ1) is 20.0. The van der Waals surface area contributed by atoms with E-state index in [-0.39, 0.29) is 18.9 Å². The van der Waals surface area contributed by atoms with E-state index in [4.69, 9.17) is 4.74 Å². The van der Waals surface area contributed by atoms with Crippen LogP contribution in [0.1, 0.15) is 24.5 Å².